The summed E-state index contributed by atoms with van der Waals surface area (Å²) in [5, 5.41) is 0. The van der Waals surface area contributed by atoms with Gasteiger partial charge in [-0.3, -0.25) is 4.90 Å². The van der Waals surface area contributed by atoms with Crippen LogP contribution in [0.5, 0.6) is 5.88 Å². The average molecular weight is 266 g/mol. The molecule has 0 aromatic carbocycles. The van der Waals surface area contributed by atoms with Gasteiger partial charge in [0.05, 0.1) is 19.8 Å². The van der Waals surface area contributed by atoms with Gasteiger partial charge in [0.15, 0.2) is 0 Å². The van der Waals surface area contributed by atoms with Crippen molar-refractivity contribution < 1.29 is 14.2 Å². The zero-order chi connectivity index (χ0) is 13.5. The predicted octanol–water partition coefficient (Wildman–Crippen LogP) is 1.33. The Morgan fingerprint density at radius 1 is 1.47 bits per heavy atom. The molecule has 0 spiro atoms. The van der Waals surface area contributed by atoms with Crippen LogP contribution in [0.2, 0.25) is 0 Å². The number of pyridine rings is 1. The number of hydrogen-bond donors (Lipinski definition) is 0. The molecule has 5 nitrogen and oxygen atoms in total. The van der Waals surface area contributed by atoms with Crippen molar-refractivity contribution in [2.45, 2.75) is 19.1 Å². The fourth-order valence-electron chi connectivity index (χ4n) is 2.32. The van der Waals surface area contributed by atoms with Gasteiger partial charge in [0.2, 0.25) is 5.88 Å². The highest BCUT2D eigenvalue weighted by atomic mass is 16.5. The number of methoxy groups -OCH3 is 2. The average Bonchev–Trinajstić information content (AvgIpc) is 2.46. The Labute approximate surface area is 114 Å². The molecule has 5 heteroatoms. The van der Waals surface area contributed by atoms with E-state index in [0.29, 0.717) is 5.88 Å². The lowest BCUT2D eigenvalue weighted by molar-refractivity contribution is -0.0434. The first-order chi connectivity index (χ1) is 9.33. The standard InChI is InChI=1S/C14H22N2O3/c1-17-8-5-13-11-16(7-9-19-13)10-12-4-3-6-15-14(12)18-2/h3-4,6,13H,5,7-11H2,1-2H3. The molecule has 1 aromatic heterocycles. The minimum atomic E-state index is 0.261. The Morgan fingerprint density at radius 2 is 2.37 bits per heavy atom. The summed E-state index contributed by atoms with van der Waals surface area (Å²) in [5.41, 5.74) is 1.12. The van der Waals surface area contributed by atoms with Crippen molar-refractivity contribution in [3.05, 3.63) is 23.9 Å². The summed E-state index contributed by atoms with van der Waals surface area (Å²) in [5.74, 6) is 0.711. The lowest BCUT2D eigenvalue weighted by atomic mass is 10.2. The number of rotatable bonds is 6. The second kappa shape index (κ2) is 7.43. The maximum absolute atomic E-state index is 5.74. The van der Waals surface area contributed by atoms with Crippen LogP contribution in [-0.4, -0.2) is 56.5 Å². The first kappa shape index (κ1) is 14.2. The van der Waals surface area contributed by atoms with Gasteiger partial charge in [0.1, 0.15) is 0 Å². The Balaban J connectivity index is 1.91. The van der Waals surface area contributed by atoms with Gasteiger partial charge >= 0.3 is 0 Å². The molecule has 0 amide bonds. The van der Waals surface area contributed by atoms with Crippen LogP contribution in [-0.2, 0) is 16.0 Å². The molecule has 0 bridgehead atoms. The Kier molecular flexibility index (Phi) is 5.57. The highest BCUT2D eigenvalue weighted by Crippen LogP contribution is 2.18. The Morgan fingerprint density at radius 3 is 3.16 bits per heavy atom. The summed E-state index contributed by atoms with van der Waals surface area (Å²) in [7, 11) is 3.38. The zero-order valence-corrected chi connectivity index (χ0v) is 11.7. The van der Waals surface area contributed by atoms with Gasteiger partial charge in [-0.15, -0.1) is 0 Å². The lowest BCUT2D eigenvalue weighted by Crippen LogP contribution is -2.42. The molecule has 19 heavy (non-hydrogen) atoms. The zero-order valence-electron chi connectivity index (χ0n) is 11.7. The minimum absolute atomic E-state index is 0.261. The fraction of sp³-hybridized carbons (Fsp3) is 0.643. The molecule has 0 saturated carbocycles. The summed E-state index contributed by atoms with van der Waals surface area (Å²) in [6.45, 7) is 4.25. The van der Waals surface area contributed by atoms with E-state index >= 15 is 0 Å². The van der Waals surface area contributed by atoms with Crippen LogP contribution in [0.1, 0.15) is 12.0 Å². The summed E-state index contributed by atoms with van der Waals surface area (Å²) in [6.07, 6.45) is 2.96. The van der Waals surface area contributed by atoms with Crippen LogP contribution in [0.4, 0.5) is 0 Å². The highest BCUT2D eigenvalue weighted by Gasteiger charge is 2.21. The number of nitrogens with zero attached hydrogens (tertiary/aromatic N) is 2. The molecule has 1 saturated heterocycles. The number of aromatic nitrogens is 1. The van der Waals surface area contributed by atoms with E-state index in [0.717, 1.165) is 44.8 Å². The van der Waals surface area contributed by atoms with Gasteiger partial charge in [0.25, 0.3) is 0 Å². The van der Waals surface area contributed by atoms with E-state index < -0.39 is 0 Å². The van der Waals surface area contributed by atoms with Crippen molar-refractivity contribution in [1.82, 2.24) is 9.88 Å². The van der Waals surface area contributed by atoms with Crippen LogP contribution in [0.15, 0.2) is 18.3 Å². The molecule has 1 aliphatic heterocycles. The smallest absolute Gasteiger partial charge is 0.217 e. The third kappa shape index (κ3) is 4.16. The number of ether oxygens (including phenoxy) is 3. The van der Waals surface area contributed by atoms with Gasteiger partial charge in [-0.25, -0.2) is 4.98 Å². The van der Waals surface area contributed by atoms with Crippen LogP contribution in [0.25, 0.3) is 0 Å². The number of morpholine rings is 1. The largest absolute Gasteiger partial charge is 0.481 e. The maximum atomic E-state index is 5.74. The van der Waals surface area contributed by atoms with Gasteiger partial charge < -0.3 is 14.2 Å². The van der Waals surface area contributed by atoms with E-state index in [1.54, 1.807) is 20.4 Å². The quantitative estimate of drug-likeness (QED) is 0.777. The summed E-state index contributed by atoms with van der Waals surface area (Å²) >= 11 is 0. The van der Waals surface area contributed by atoms with Crippen LogP contribution in [0.3, 0.4) is 0 Å². The molecule has 0 radical (unpaired) electrons. The molecule has 1 unspecified atom stereocenters. The molecule has 1 aromatic rings. The monoisotopic (exact) mass is 266 g/mol. The molecule has 0 aliphatic carbocycles. The van der Waals surface area contributed by atoms with Crippen molar-refractivity contribution in [3.8, 4) is 5.88 Å². The molecule has 1 fully saturated rings. The third-order valence-electron chi connectivity index (χ3n) is 3.30. The van der Waals surface area contributed by atoms with E-state index in [-0.39, 0.29) is 6.10 Å². The molecule has 1 aliphatic rings. The fourth-order valence-corrected chi connectivity index (χ4v) is 2.32. The molecule has 1 atom stereocenters. The van der Waals surface area contributed by atoms with Gasteiger partial charge in [-0.05, 0) is 12.5 Å². The summed E-state index contributed by atoms with van der Waals surface area (Å²) in [4.78, 5) is 6.61. The SMILES string of the molecule is COCCC1CN(Cc2cccnc2OC)CCO1. The van der Waals surface area contributed by atoms with Crippen LogP contribution >= 0.6 is 0 Å². The Hall–Kier alpha value is -1.17. The van der Waals surface area contributed by atoms with E-state index in [2.05, 4.69) is 16.0 Å². The topological polar surface area (TPSA) is 43.8 Å². The molecule has 2 rings (SSSR count). The summed E-state index contributed by atoms with van der Waals surface area (Å²) in [6, 6.07) is 4.01. The minimum Gasteiger partial charge on any atom is -0.481 e. The van der Waals surface area contributed by atoms with E-state index in [9.17, 15) is 0 Å². The van der Waals surface area contributed by atoms with E-state index in [1.807, 2.05) is 6.07 Å². The highest BCUT2D eigenvalue weighted by molar-refractivity contribution is 5.25. The van der Waals surface area contributed by atoms with Crippen LogP contribution in [0, 0.1) is 0 Å². The summed E-state index contributed by atoms with van der Waals surface area (Å²) < 4.78 is 16.1. The molecule has 0 N–H and O–H groups in total. The van der Waals surface area contributed by atoms with Gasteiger partial charge in [-0.1, -0.05) is 6.07 Å². The molecule has 106 valence electrons. The predicted molar refractivity (Wildman–Crippen MR) is 72.3 cm³/mol. The van der Waals surface area contributed by atoms with Crippen molar-refractivity contribution in [3.63, 3.8) is 0 Å². The number of hydrogen-bond acceptors (Lipinski definition) is 5. The van der Waals surface area contributed by atoms with Crippen molar-refractivity contribution in [2.75, 3.05) is 40.5 Å². The lowest BCUT2D eigenvalue weighted by Gasteiger charge is -2.33. The molecule has 2 heterocycles. The van der Waals surface area contributed by atoms with Gasteiger partial charge in [-0.2, -0.15) is 0 Å². The Bertz CT molecular complexity index is 387. The van der Waals surface area contributed by atoms with Crippen molar-refractivity contribution in [1.29, 1.82) is 0 Å². The van der Waals surface area contributed by atoms with E-state index in [1.165, 1.54) is 0 Å². The third-order valence-corrected chi connectivity index (χ3v) is 3.30. The van der Waals surface area contributed by atoms with Crippen molar-refractivity contribution >= 4 is 0 Å². The normalized spacial score (nSPS) is 20.4. The van der Waals surface area contributed by atoms with E-state index in [4.69, 9.17) is 14.2 Å². The second-order valence-electron chi connectivity index (χ2n) is 4.68. The first-order valence-electron chi connectivity index (χ1n) is 6.64. The first-order valence-corrected chi connectivity index (χ1v) is 6.64. The molecular weight excluding hydrogens is 244 g/mol. The second-order valence-corrected chi connectivity index (χ2v) is 4.68. The maximum Gasteiger partial charge on any atom is 0.217 e. The van der Waals surface area contributed by atoms with Gasteiger partial charge in [0, 0.05) is 45.1 Å². The van der Waals surface area contributed by atoms with Crippen molar-refractivity contribution in [2.24, 2.45) is 0 Å². The van der Waals surface area contributed by atoms with Crippen LogP contribution < -0.4 is 4.74 Å². The molecular formula is C14H22N2O3.